The molecular weight excluding hydrogens is 358 g/mol. The fourth-order valence-corrected chi connectivity index (χ4v) is 3.85. The molecule has 0 bridgehead atoms. The van der Waals surface area contributed by atoms with Crippen molar-refractivity contribution in [2.75, 3.05) is 24.8 Å². The van der Waals surface area contributed by atoms with Gasteiger partial charge in [-0.3, -0.25) is 0 Å². The van der Waals surface area contributed by atoms with Crippen LogP contribution in [-0.2, 0) is 0 Å². The van der Waals surface area contributed by atoms with Gasteiger partial charge in [-0.1, -0.05) is 6.07 Å². The van der Waals surface area contributed by atoms with E-state index in [-0.39, 0.29) is 12.7 Å². The molecule has 8 heteroatoms. The number of aliphatic hydroxyl groups excluding tert-OH is 1. The van der Waals surface area contributed by atoms with Crippen LogP contribution in [0.1, 0.15) is 23.5 Å². The molecule has 1 fully saturated rings. The average molecular weight is 379 g/mol. The van der Waals surface area contributed by atoms with Crippen LogP contribution in [0.25, 0.3) is 5.82 Å². The Kier molecular flexibility index (Phi) is 4.12. The first-order chi connectivity index (χ1) is 13.7. The largest absolute Gasteiger partial charge is 0.454 e. The second kappa shape index (κ2) is 6.79. The first-order valence-corrected chi connectivity index (χ1v) is 9.33. The molecule has 5 rings (SSSR count). The number of hydrogen-bond acceptors (Lipinski definition) is 7. The number of nitrogens with zero attached hydrogens (tertiary/aromatic N) is 5. The number of aryl methyl sites for hydroxylation is 1. The number of β-amino-alcohol motifs (C(OH)–C–C–N with tert-alkyl or cyclic N) is 1. The molecule has 2 aliphatic rings. The molecule has 1 aromatic carbocycles. The Hall–Kier alpha value is -3.13. The molecule has 2 atom stereocenters. The molecule has 1 N–H and O–H groups in total. The highest BCUT2D eigenvalue weighted by Crippen LogP contribution is 2.38. The van der Waals surface area contributed by atoms with E-state index in [0.717, 1.165) is 41.4 Å². The number of rotatable bonds is 3. The minimum absolute atomic E-state index is 0.0563. The van der Waals surface area contributed by atoms with Gasteiger partial charge in [0.25, 0.3) is 0 Å². The lowest BCUT2D eigenvalue weighted by Crippen LogP contribution is -2.43. The molecule has 8 nitrogen and oxygen atoms in total. The molecule has 0 saturated carbocycles. The molecule has 0 radical (unpaired) electrons. The SMILES string of the molecule is Cc1cnn(-c2cc(N3CC[C@@H](c4ccc5c(c4)OCO5)[C@H](O)C3)ncn2)c1. The average Bonchev–Trinajstić information content (AvgIpc) is 3.36. The van der Waals surface area contributed by atoms with E-state index in [2.05, 4.69) is 20.0 Å². The number of fused-ring (bicyclic) bond motifs is 1. The lowest BCUT2D eigenvalue weighted by atomic mass is 9.87. The third kappa shape index (κ3) is 3.05. The Labute approximate surface area is 162 Å². The molecule has 1 saturated heterocycles. The van der Waals surface area contributed by atoms with Crippen LogP contribution in [0.2, 0.25) is 0 Å². The Morgan fingerprint density at radius 3 is 2.79 bits per heavy atom. The minimum Gasteiger partial charge on any atom is -0.454 e. The summed E-state index contributed by atoms with van der Waals surface area (Å²) in [7, 11) is 0. The van der Waals surface area contributed by atoms with Gasteiger partial charge >= 0.3 is 0 Å². The Morgan fingerprint density at radius 1 is 1.11 bits per heavy atom. The van der Waals surface area contributed by atoms with Crippen LogP contribution in [-0.4, -0.2) is 50.8 Å². The predicted octanol–water partition coefficient (Wildman–Crippen LogP) is 2.05. The smallest absolute Gasteiger partial charge is 0.231 e. The summed E-state index contributed by atoms with van der Waals surface area (Å²) < 4.78 is 12.6. The number of benzene rings is 1. The normalized spacial score (nSPS) is 21.1. The van der Waals surface area contributed by atoms with Gasteiger partial charge in [0.1, 0.15) is 12.1 Å². The number of anilines is 1. The fraction of sp³-hybridized carbons (Fsp3) is 0.350. The van der Waals surface area contributed by atoms with Crippen LogP contribution in [0.5, 0.6) is 11.5 Å². The lowest BCUT2D eigenvalue weighted by Gasteiger charge is -2.36. The molecule has 4 heterocycles. The number of ether oxygens (including phenoxy) is 2. The van der Waals surface area contributed by atoms with Gasteiger partial charge in [-0.2, -0.15) is 5.10 Å². The zero-order chi connectivity index (χ0) is 19.1. The van der Waals surface area contributed by atoms with Crippen molar-refractivity contribution in [3.8, 4) is 17.3 Å². The van der Waals surface area contributed by atoms with Crippen LogP contribution < -0.4 is 14.4 Å². The van der Waals surface area contributed by atoms with E-state index in [1.807, 2.05) is 37.4 Å². The topological polar surface area (TPSA) is 85.5 Å². The Morgan fingerprint density at radius 2 is 1.96 bits per heavy atom. The van der Waals surface area contributed by atoms with E-state index >= 15 is 0 Å². The van der Waals surface area contributed by atoms with Crippen LogP contribution in [0.4, 0.5) is 5.82 Å². The minimum atomic E-state index is -0.500. The van der Waals surface area contributed by atoms with E-state index < -0.39 is 6.10 Å². The zero-order valence-corrected chi connectivity index (χ0v) is 15.5. The van der Waals surface area contributed by atoms with Gasteiger partial charge in [-0.05, 0) is 36.6 Å². The van der Waals surface area contributed by atoms with Gasteiger partial charge < -0.3 is 19.5 Å². The number of hydrogen-bond donors (Lipinski definition) is 1. The molecular formula is C20H21N5O3. The standard InChI is InChI=1S/C20H21N5O3/c1-13-8-23-25(9-13)20-7-19(21-11-22-20)24-5-4-15(16(26)10-24)14-2-3-17-18(6-14)28-12-27-17/h2-3,6-9,11,15-16,26H,4-5,10,12H2,1H3/t15-,16+/m0/s1. The third-order valence-electron chi connectivity index (χ3n) is 5.32. The van der Waals surface area contributed by atoms with E-state index in [1.165, 1.54) is 6.33 Å². The van der Waals surface area contributed by atoms with Gasteiger partial charge in [0.2, 0.25) is 6.79 Å². The van der Waals surface area contributed by atoms with E-state index in [9.17, 15) is 5.11 Å². The van der Waals surface area contributed by atoms with Crippen molar-refractivity contribution in [1.29, 1.82) is 0 Å². The highest BCUT2D eigenvalue weighted by atomic mass is 16.7. The first kappa shape index (κ1) is 17.0. The maximum absolute atomic E-state index is 10.8. The quantitative estimate of drug-likeness (QED) is 0.745. The van der Waals surface area contributed by atoms with Crippen molar-refractivity contribution in [2.45, 2.75) is 25.4 Å². The molecule has 0 unspecified atom stereocenters. The Balaban J connectivity index is 1.33. The van der Waals surface area contributed by atoms with Crippen LogP contribution >= 0.6 is 0 Å². The van der Waals surface area contributed by atoms with E-state index in [1.54, 1.807) is 10.9 Å². The highest BCUT2D eigenvalue weighted by molar-refractivity contribution is 5.47. The summed E-state index contributed by atoms with van der Waals surface area (Å²) in [5.74, 6) is 3.08. The number of piperidine rings is 1. The Bertz CT molecular complexity index is 1010. The number of aromatic nitrogens is 4. The van der Waals surface area contributed by atoms with Crippen molar-refractivity contribution >= 4 is 5.82 Å². The van der Waals surface area contributed by atoms with Crippen molar-refractivity contribution in [3.63, 3.8) is 0 Å². The molecule has 2 aromatic heterocycles. The molecule has 3 aromatic rings. The van der Waals surface area contributed by atoms with Crippen molar-refractivity contribution in [3.05, 3.63) is 54.1 Å². The summed E-state index contributed by atoms with van der Waals surface area (Å²) in [6.07, 6.45) is 5.58. The van der Waals surface area contributed by atoms with Gasteiger partial charge in [0, 0.05) is 31.3 Å². The summed E-state index contributed by atoms with van der Waals surface area (Å²) in [5, 5.41) is 15.1. The molecule has 0 spiro atoms. The molecule has 144 valence electrons. The molecule has 28 heavy (non-hydrogen) atoms. The highest BCUT2D eigenvalue weighted by Gasteiger charge is 2.31. The molecule has 2 aliphatic heterocycles. The molecule has 0 amide bonds. The maximum atomic E-state index is 10.8. The van der Waals surface area contributed by atoms with Crippen LogP contribution in [0.15, 0.2) is 43.0 Å². The van der Waals surface area contributed by atoms with Gasteiger partial charge in [-0.15, -0.1) is 0 Å². The summed E-state index contributed by atoms with van der Waals surface area (Å²) >= 11 is 0. The predicted molar refractivity (Wildman–Crippen MR) is 102 cm³/mol. The van der Waals surface area contributed by atoms with Gasteiger partial charge in [-0.25, -0.2) is 14.6 Å². The summed E-state index contributed by atoms with van der Waals surface area (Å²) in [6, 6.07) is 7.81. The first-order valence-electron chi connectivity index (χ1n) is 9.33. The summed E-state index contributed by atoms with van der Waals surface area (Å²) in [6.45, 7) is 3.55. The second-order valence-corrected chi connectivity index (χ2v) is 7.22. The summed E-state index contributed by atoms with van der Waals surface area (Å²) in [4.78, 5) is 10.8. The monoisotopic (exact) mass is 379 g/mol. The molecule has 0 aliphatic carbocycles. The third-order valence-corrected chi connectivity index (χ3v) is 5.32. The van der Waals surface area contributed by atoms with Gasteiger partial charge in [0.05, 0.1) is 12.3 Å². The van der Waals surface area contributed by atoms with Crippen molar-refractivity contribution in [1.82, 2.24) is 19.7 Å². The lowest BCUT2D eigenvalue weighted by molar-refractivity contribution is 0.129. The van der Waals surface area contributed by atoms with E-state index in [4.69, 9.17) is 9.47 Å². The van der Waals surface area contributed by atoms with Crippen LogP contribution in [0.3, 0.4) is 0 Å². The maximum Gasteiger partial charge on any atom is 0.231 e. The van der Waals surface area contributed by atoms with E-state index in [0.29, 0.717) is 12.4 Å². The van der Waals surface area contributed by atoms with Crippen LogP contribution in [0, 0.1) is 6.92 Å². The second-order valence-electron chi connectivity index (χ2n) is 7.22. The zero-order valence-electron chi connectivity index (χ0n) is 15.5. The fourth-order valence-electron chi connectivity index (χ4n) is 3.85. The summed E-state index contributed by atoms with van der Waals surface area (Å²) in [5.41, 5.74) is 2.15. The van der Waals surface area contributed by atoms with Crippen molar-refractivity contribution < 1.29 is 14.6 Å². The number of aliphatic hydroxyl groups is 1. The van der Waals surface area contributed by atoms with Gasteiger partial charge in [0.15, 0.2) is 17.3 Å². The van der Waals surface area contributed by atoms with Crippen molar-refractivity contribution in [2.24, 2.45) is 0 Å².